The molecule has 2 aliphatic heterocycles. The second-order valence-electron chi connectivity index (χ2n) is 7.18. The predicted molar refractivity (Wildman–Crippen MR) is 93.6 cm³/mol. The maximum atomic E-state index is 13.8. The molecule has 4 rings (SSSR count). The van der Waals surface area contributed by atoms with E-state index in [0.717, 1.165) is 25.9 Å². The first-order valence-corrected chi connectivity index (χ1v) is 8.97. The van der Waals surface area contributed by atoms with E-state index in [-0.39, 0.29) is 23.2 Å². The van der Waals surface area contributed by atoms with Crippen molar-refractivity contribution in [3.8, 4) is 5.69 Å². The highest BCUT2D eigenvalue weighted by Gasteiger charge is 2.41. The Morgan fingerprint density at radius 1 is 1.23 bits per heavy atom. The van der Waals surface area contributed by atoms with Crippen molar-refractivity contribution < 1.29 is 13.6 Å². The fourth-order valence-electron chi connectivity index (χ4n) is 4.31. The van der Waals surface area contributed by atoms with E-state index in [2.05, 4.69) is 10.00 Å². The summed E-state index contributed by atoms with van der Waals surface area (Å²) in [4.78, 5) is 17.1. The number of benzene rings is 1. The minimum Gasteiger partial charge on any atom is -0.334 e. The number of alkyl halides is 2. The van der Waals surface area contributed by atoms with Gasteiger partial charge in [0.15, 0.2) is 0 Å². The first kappa shape index (κ1) is 17.1. The van der Waals surface area contributed by atoms with Gasteiger partial charge < -0.3 is 9.80 Å². The Balaban J connectivity index is 1.69. The molecule has 0 N–H and O–H groups in total. The number of nitrogens with zero attached hydrogens (tertiary/aromatic N) is 4. The highest BCUT2D eigenvalue weighted by molar-refractivity contribution is 5.95. The number of rotatable bonds is 3. The Morgan fingerprint density at radius 3 is 2.73 bits per heavy atom. The minimum absolute atomic E-state index is 0.0130. The van der Waals surface area contributed by atoms with Crippen LogP contribution < -0.4 is 0 Å². The van der Waals surface area contributed by atoms with Gasteiger partial charge in [0.2, 0.25) is 0 Å². The molecule has 2 aliphatic rings. The normalized spacial score (nSPS) is 23.5. The third kappa shape index (κ3) is 2.90. The van der Waals surface area contributed by atoms with Crippen molar-refractivity contribution in [1.29, 1.82) is 0 Å². The zero-order valence-corrected chi connectivity index (χ0v) is 14.7. The fraction of sp³-hybridized carbons (Fsp3) is 0.474. The SMILES string of the molecule is CN1C[C@@H]2CCCN(C(=O)c3cnn(-c4ccccc4)c3C(F)F)[C@@H]2C1. The van der Waals surface area contributed by atoms with Gasteiger partial charge in [-0.3, -0.25) is 4.79 Å². The lowest BCUT2D eigenvalue weighted by atomic mass is 9.91. The number of carbonyl (C=O) groups is 1. The molecule has 2 fully saturated rings. The molecule has 0 spiro atoms. The number of halogens is 2. The van der Waals surface area contributed by atoms with Crippen molar-refractivity contribution in [3.63, 3.8) is 0 Å². The van der Waals surface area contributed by atoms with Crippen LogP contribution in [0.25, 0.3) is 5.69 Å². The first-order chi connectivity index (χ1) is 12.6. The van der Waals surface area contributed by atoms with Gasteiger partial charge in [-0.15, -0.1) is 0 Å². The van der Waals surface area contributed by atoms with Crippen LogP contribution >= 0.6 is 0 Å². The van der Waals surface area contributed by atoms with Crippen LogP contribution in [-0.2, 0) is 0 Å². The van der Waals surface area contributed by atoms with Gasteiger partial charge in [-0.25, -0.2) is 13.5 Å². The minimum atomic E-state index is -2.77. The molecule has 5 nitrogen and oxygen atoms in total. The van der Waals surface area contributed by atoms with E-state index < -0.39 is 6.43 Å². The highest BCUT2D eigenvalue weighted by atomic mass is 19.3. The summed E-state index contributed by atoms with van der Waals surface area (Å²) in [5.41, 5.74) is 0.215. The molecule has 7 heteroatoms. The molecule has 2 aromatic rings. The summed E-state index contributed by atoms with van der Waals surface area (Å²) in [5, 5.41) is 4.10. The number of amides is 1. The molecule has 138 valence electrons. The summed E-state index contributed by atoms with van der Waals surface area (Å²) in [7, 11) is 2.04. The van der Waals surface area contributed by atoms with E-state index in [0.29, 0.717) is 18.2 Å². The van der Waals surface area contributed by atoms with E-state index in [1.807, 2.05) is 13.1 Å². The molecule has 0 unspecified atom stereocenters. The van der Waals surface area contributed by atoms with Crippen LogP contribution in [0.3, 0.4) is 0 Å². The lowest BCUT2D eigenvalue weighted by Gasteiger charge is -2.37. The average Bonchev–Trinajstić information content (AvgIpc) is 3.24. The topological polar surface area (TPSA) is 41.4 Å². The Bertz CT molecular complexity index is 792. The number of aromatic nitrogens is 2. The smallest absolute Gasteiger partial charge is 0.281 e. The monoisotopic (exact) mass is 360 g/mol. The van der Waals surface area contributed by atoms with Gasteiger partial charge in [0.1, 0.15) is 5.69 Å². The maximum Gasteiger partial charge on any atom is 0.281 e. The van der Waals surface area contributed by atoms with Gasteiger partial charge in [-0.05, 0) is 37.9 Å². The fourth-order valence-corrected chi connectivity index (χ4v) is 4.31. The van der Waals surface area contributed by atoms with Crippen molar-refractivity contribution in [1.82, 2.24) is 19.6 Å². The molecular weight excluding hydrogens is 338 g/mol. The summed E-state index contributed by atoms with van der Waals surface area (Å²) < 4.78 is 28.8. The van der Waals surface area contributed by atoms with Crippen LogP contribution in [0.15, 0.2) is 36.5 Å². The quantitative estimate of drug-likeness (QED) is 0.845. The molecule has 0 aliphatic carbocycles. The van der Waals surface area contributed by atoms with Crippen molar-refractivity contribution in [2.45, 2.75) is 25.3 Å². The zero-order valence-electron chi connectivity index (χ0n) is 14.7. The summed E-state index contributed by atoms with van der Waals surface area (Å²) in [5.74, 6) is 0.101. The van der Waals surface area contributed by atoms with Gasteiger partial charge in [0.05, 0.1) is 17.4 Å². The second kappa shape index (κ2) is 6.79. The number of hydrogen-bond donors (Lipinski definition) is 0. The van der Waals surface area contributed by atoms with Gasteiger partial charge in [-0.1, -0.05) is 18.2 Å². The van der Waals surface area contributed by atoms with Crippen LogP contribution in [0.5, 0.6) is 0 Å². The van der Waals surface area contributed by atoms with Gasteiger partial charge in [-0.2, -0.15) is 5.10 Å². The number of fused-ring (bicyclic) bond motifs is 1. The summed E-state index contributed by atoms with van der Waals surface area (Å²) in [6.45, 7) is 2.37. The standard InChI is InChI=1S/C19H22F2N4O/c1-23-11-13-6-5-9-24(16(13)12-23)19(26)15-10-22-25(17(15)18(20)21)14-7-3-2-4-8-14/h2-4,7-8,10,13,16,18H,5-6,9,11-12H2,1H3/t13-,16+/m0/s1. The third-order valence-electron chi connectivity index (χ3n) is 5.47. The van der Waals surface area contributed by atoms with E-state index >= 15 is 0 Å². The van der Waals surface area contributed by atoms with E-state index in [1.165, 1.54) is 10.9 Å². The zero-order chi connectivity index (χ0) is 18.3. The van der Waals surface area contributed by atoms with Crippen LogP contribution in [-0.4, -0.2) is 58.2 Å². The highest BCUT2D eigenvalue weighted by Crippen LogP contribution is 2.33. The summed E-state index contributed by atoms with van der Waals surface area (Å²) in [6.07, 6.45) is 0.518. The Kier molecular flexibility index (Phi) is 4.48. The Morgan fingerprint density at radius 2 is 2.00 bits per heavy atom. The number of piperidine rings is 1. The Labute approximate surface area is 151 Å². The van der Waals surface area contributed by atoms with Crippen LogP contribution in [0.1, 0.15) is 35.3 Å². The Hall–Kier alpha value is -2.28. The van der Waals surface area contributed by atoms with Crippen LogP contribution in [0.2, 0.25) is 0 Å². The molecule has 2 atom stereocenters. The van der Waals surface area contributed by atoms with Crippen molar-refractivity contribution >= 4 is 5.91 Å². The first-order valence-electron chi connectivity index (χ1n) is 8.97. The maximum absolute atomic E-state index is 13.8. The van der Waals surface area contributed by atoms with Gasteiger partial charge in [0, 0.05) is 25.7 Å². The second-order valence-corrected chi connectivity index (χ2v) is 7.18. The lowest BCUT2D eigenvalue weighted by molar-refractivity contribution is 0.0560. The molecule has 0 bridgehead atoms. The summed E-state index contributed by atoms with van der Waals surface area (Å²) >= 11 is 0. The van der Waals surface area contributed by atoms with Gasteiger partial charge >= 0.3 is 0 Å². The van der Waals surface area contributed by atoms with Gasteiger partial charge in [0.25, 0.3) is 12.3 Å². The molecular formula is C19H22F2N4O. The molecule has 1 aromatic carbocycles. The van der Waals surface area contributed by atoms with E-state index in [9.17, 15) is 13.6 Å². The molecule has 0 saturated carbocycles. The molecule has 0 radical (unpaired) electrons. The van der Waals surface area contributed by atoms with Crippen LogP contribution in [0, 0.1) is 5.92 Å². The van der Waals surface area contributed by atoms with E-state index in [1.54, 1.807) is 29.2 Å². The summed E-state index contributed by atoms with van der Waals surface area (Å²) in [6, 6.07) is 8.85. The molecule has 1 aromatic heterocycles. The van der Waals surface area contributed by atoms with E-state index in [4.69, 9.17) is 0 Å². The molecule has 2 saturated heterocycles. The number of para-hydroxylation sites is 1. The largest absolute Gasteiger partial charge is 0.334 e. The predicted octanol–water partition coefficient (Wildman–Crippen LogP) is 2.98. The molecule has 26 heavy (non-hydrogen) atoms. The average molecular weight is 360 g/mol. The van der Waals surface area contributed by atoms with Crippen LogP contribution in [0.4, 0.5) is 8.78 Å². The van der Waals surface area contributed by atoms with Crippen molar-refractivity contribution in [3.05, 3.63) is 47.8 Å². The van der Waals surface area contributed by atoms with Crippen molar-refractivity contribution in [2.75, 3.05) is 26.7 Å². The molecule has 1 amide bonds. The number of likely N-dealkylation sites (tertiary alicyclic amines) is 2. The molecule has 3 heterocycles. The number of carbonyl (C=O) groups excluding carboxylic acids is 1. The third-order valence-corrected chi connectivity index (χ3v) is 5.47. The number of likely N-dealkylation sites (N-methyl/N-ethyl adjacent to an activating group) is 1. The van der Waals surface area contributed by atoms with Crippen molar-refractivity contribution in [2.24, 2.45) is 5.92 Å². The number of hydrogen-bond acceptors (Lipinski definition) is 3. The lowest BCUT2D eigenvalue weighted by Crippen LogP contribution is -2.48.